The third kappa shape index (κ3) is 4.60. The molecule has 0 bridgehead atoms. The standard InChI is InChI=1S/C17H19ClN4O3/c1-4-22-11(2)12(10-20-22)5-8-16(23)25-21-17(19)14-9-13(18)6-7-15(14)24-3/h5-10H,4H2,1-3H3,(H2,19,21)/b8-5+. The average molecular weight is 363 g/mol. The summed E-state index contributed by atoms with van der Waals surface area (Å²) in [6.45, 7) is 4.67. The van der Waals surface area contributed by atoms with Gasteiger partial charge in [-0.25, -0.2) is 4.79 Å². The average Bonchev–Trinajstić information content (AvgIpc) is 2.97. The summed E-state index contributed by atoms with van der Waals surface area (Å²) in [5.74, 6) is -0.205. The number of aryl methyl sites for hydroxylation is 1. The van der Waals surface area contributed by atoms with Crippen LogP contribution in [0.15, 0.2) is 35.6 Å². The predicted octanol–water partition coefficient (Wildman–Crippen LogP) is 2.75. The Morgan fingerprint density at radius 2 is 2.24 bits per heavy atom. The lowest BCUT2D eigenvalue weighted by Gasteiger charge is -2.07. The molecule has 25 heavy (non-hydrogen) atoms. The van der Waals surface area contributed by atoms with Gasteiger partial charge in [-0.05, 0) is 38.1 Å². The lowest BCUT2D eigenvalue weighted by molar-refractivity contribution is -0.137. The highest BCUT2D eigenvalue weighted by molar-refractivity contribution is 6.31. The van der Waals surface area contributed by atoms with E-state index in [0.29, 0.717) is 16.3 Å². The monoisotopic (exact) mass is 362 g/mol. The Hall–Kier alpha value is -2.80. The Kier molecular flexibility index (Phi) is 6.19. The topological polar surface area (TPSA) is 91.7 Å². The van der Waals surface area contributed by atoms with Crippen molar-refractivity contribution in [2.75, 3.05) is 7.11 Å². The Labute approximate surface area is 150 Å². The summed E-state index contributed by atoms with van der Waals surface area (Å²) in [6.07, 6.45) is 4.55. The van der Waals surface area contributed by atoms with Crippen LogP contribution < -0.4 is 10.5 Å². The number of benzene rings is 1. The summed E-state index contributed by atoms with van der Waals surface area (Å²) in [6, 6.07) is 4.88. The molecule has 0 saturated carbocycles. The van der Waals surface area contributed by atoms with Gasteiger partial charge >= 0.3 is 5.97 Å². The minimum Gasteiger partial charge on any atom is -0.496 e. The van der Waals surface area contributed by atoms with Crippen molar-refractivity contribution in [2.45, 2.75) is 20.4 Å². The van der Waals surface area contributed by atoms with Gasteiger partial charge in [0, 0.05) is 28.9 Å². The lowest BCUT2D eigenvalue weighted by atomic mass is 10.2. The van der Waals surface area contributed by atoms with Crippen molar-refractivity contribution in [3.05, 3.63) is 52.3 Å². The van der Waals surface area contributed by atoms with Gasteiger partial charge in [-0.3, -0.25) is 4.68 Å². The van der Waals surface area contributed by atoms with Crippen molar-refractivity contribution >= 4 is 29.5 Å². The molecule has 0 aliphatic carbocycles. The van der Waals surface area contributed by atoms with E-state index in [4.69, 9.17) is 26.9 Å². The summed E-state index contributed by atoms with van der Waals surface area (Å²) in [5, 5.41) is 8.29. The molecule has 0 aliphatic rings. The van der Waals surface area contributed by atoms with Crippen LogP contribution in [-0.2, 0) is 16.2 Å². The number of rotatable bonds is 6. The SMILES string of the molecule is CCn1ncc(/C=C/C(=O)O/N=C(\N)c2cc(Cl)ccc2OC)c1C. The van der Waals surface area contributed by atoms with Crippen LogP contribution in [0.2, 0.25) is 5.02 Å². The minimum absolute atomic E-state index is 0.0175. The molecule has 0 radical (unpaired) electrons. The van der Waals surface area contributed by atoms with E-state index in [1.54, 1.807) is 30.5 Å². The molecule has 0 fully saturated rings. The maximum atomic E-state index is 11.8. The number of carbonyl (C=O) groups excluding carboxylic acids is 1. The normalized spacial score (nSPS) is 11.8. The van der Waals surface area contributed by atoms with Crippen molar-refractivity contribution in [2.24, 2.45) is 10.9 Å². The van der Waals surface area contributed by atoms with Crippen LogP contribution in [0.3, 0.4) is 0 Å². The van der Waals surface area contributed by atoms with E-state index in [2.05, 4.69) is 10.3 Å². The molecule has 2 rings (SSSR count). The van der Waals surface area contributed by atoms with E-state index in [0.717, 1.165) is 17.8 Å². The molecule has 1 heterocycles. The van der Waals surface area contributed by atoms with Crippen molar-refractivity contribution in [3.8, 4) is 5.75 Å². The highest BCUT2D eigenvalue weighted by Crippen LogP contribution is 2.22. The first-order valence-electron chi connectivity index (χ1n) is 7.55. The molecule has 132 valence electrons. The number of hydrogen-bond donors (Lipinski definition) is 1. The number of ether oxygens (including phenoxy) is 1. The molecule has 1 aromatic carbocycles. The van der Waals surface area contributed by atoms with E-state index in [-0.39, 0.29) is 5.84 Å². The van der Waals surface area contributed by atoms with Crippen molar-refractivity contribution < 1.29 is 14.4 Å². The summed E-state index contributed by atoms with van der Waals surface area (Å²) >= 11 is 5.93. The summed E-state index contributed by atoms with van der Waals surface area (Å²) in [7, 11) is 1.49. The van der Waals surface area contributed by atoms with Crippen LogP contribution in [-0.4, -0.2) is 28.7 Å². The second kappa shape index (κ2) is 8.34. The van der Waals surface area contributed by atoms with Gasteiger partial charge < -0.3 is 15.3 Å². The number of nitrogens with two attached hydrogens (primary N) is 1. The zero-order chi connectivity index (χ0) is 18.4. The molecule has 2 N–H and O–H groups in total. The molecule has 0 amide bonds. The molecule has 0 unspecified atom stereocenters. The first-order chi connectivity index (χ1) is 12.0. The van der Waals surface area contributed by atoms with Gasteiger partial charge in [0.05, 0.1) is 18.9 Å². The molecule has 0 saturated heterocycles. The number of oxime groups is 1. The number of aromatic nitrogens is 2. The third-order valence-corrected chi connectivity index (χ3v) is 3.75. The van der Waals surface area contributed by atoms with Crippen LogP contribution in [0.5, 0.6) is 5.75 Å². The Morgan fingerprint density at radius 3 is 2.88 bits per heavy atom. The van der Waals surface area contributed by atoms with E-state index >= 15 is 0 Å². The highest BCUT2D eigenvalue weighted by atomic mass is 35.5. The maximum Gasteiger partial charge on any atom is 0.358 e. The minimum atomic E-state index is -0.660. The predicted molar refractivity (Wildman–Crippen MR) is 96.5 cm³/mol. The van der Waals surface area contributed by atoms with Gasteiger partial charge in [-0.2, -0.15) is 5.10 Å². The van der Waals surface area contributed by atoms with Crippen LogP contribution >= 0.6 is 11.6 Å². The van der Waals surface area contributed by atoms with Crippen LogP contribution in [0.1, 0.15) is 23.7 Å². The van der Waals surface area contributed by atoms with E-state index in [1.165, 1.54) is 13.2 Å². The Bertz CT molecular complexity index is 827. The van der Waals surface area contributed by atoms with Gasteiger partial charge in [-0.1, -0.05) is 16.8 Å². The Balaban J connectivity index is 2.07. The second-order valence-corrected chi connectivity index (χ2v) is 5.50. The van der Waals surface area contributed by atoms with Crippen LogP contribution in [0.25, 0.3) is 6.08 Å². The smallest absolute Gasteiger partial charge is 0.358 e. The van der Waals surface area contributed by atoms with Crippen LogP contribution in [0, 0.1) is 6.92 Å². The number of hydrogen-bond acceptors (Lipinski definition) is 5. The molecule has 0 aliphatic heterocycles. The number of halogens is 1. The van der Waals surface area contributed by atoms with Crippen molar-refractivity contribution in [1.29, 1.82) is 0 Å². The molecule has 8 heteroatoms. The fourth-order valence-electron chi connectivity index (χ4n) is 2.16. The quantitative estimate of drug-likeness (QED) is 0.280. The molecule has 0 spiro atoms. The lowest BCUT2D eigenvalue weighted by Crippen LogP contribution is -2.16. The molecule has 1 aromatic heterocycles. The maximum absolute atomic E-state index is 11.8. The van der Waals surface area contributed by atoms with Gasteiger partial charge in [0.1, 0.15) is 5.75 Å². The first-order valence-corrected chi connectivity index (χ1v) is 7.92. The van der Waals surface area contributed by atoms with Gasteiger partial charge in [0.15, 0.2) is 5.84 Å². The molecule has 7 nitrogen and oxygen atoms in total. The summed E-state index contributed by atoms with van der Waals surface area (Å²) in [5.41, 5.74) is 8.06. The van der Waals surface area contributed by atoms with Crippen molar-refractivity contribution in [1.82, 2.24) is 9.78 Å². The molecular weight excluding hydrogens is 344 g/mol. The summed E-state index contributed by atoms with van der Waals surface area (Å²) in [4.78, 5) is 16.6. The first kappa shape index (κ1) is 18.5. The van der Waals surface area contributed by atoms with E-state index in [9.17, 15) is 4.79 Å². The van der Waals surface area contributed by atoms with Gasteiger partial charge in [0.2, 0.25) is 0 Å². The third-order valence-electron chi connectivity index (χ3n) is 3.51. The van der Waals surface area contributed by atoms with Gasteiger partial charge in [-0.15, -0.1) is 0 Å². The van der Waals surface area contributed by atoms with Crippen molar-refractivity contribution in [3.63, 3.8) is 0 Å². The second-order valence-electron chi connectivity index (χ2n) is 5.07. The number of carbonyl (C=O) groups is 1. The number of methoxy groups -OCH3 is 1. The summed E-state index contributed by atoms with van der Waals surface area (Å²) < 4.78 is 7.00. The number of nitrogens with zero attached hydrogens (tertiary/aromatic N) is 3. The zero-order valence-electron chi connectivity index (χ0n) is 14.2. The molecule has 2 aromatic rings. The largest absolute Gasteiger partial charge is 0.496 e. The number of amidine groups is 1. The molecular formula is C17H19ClN4O3. The fourth-order valence-corrected chi connectivity index (χ4v) is 2.33. The van der Waals surface area contributed by atoms with E-state index in [1.807, 2.05) is 18.5 Å². The van der Waals surface area contributed by atoms with Gasteiger partial charge in [0.25, 0.3) is 0 Å². The Morgan fingerprint density at radius 1 is 1.48 bits per heavy atom. The fraction of sp³-hybridized carbons (Fsp3) is 0.235. The molecule has 0 atom stereocenters. The van der Waals surface area contributed by atoms with E-state index < -0.39 is 5.97 Å². The van der Waals surface area contributed by atoms with Crippen LogP contribution in [0.4, 0.5) is 0 Å². The highest BCUT2D eigenvalue weighted by Gasteiger charge is 2.09. The zero-order valence-corrected chi connectivity index (χ0v) is 14.9.